The monoisotopic (exact) mass is 273 g/mol. The van der Waals surface area contributed by atoms with Crippen LogP contribution < -0.4 is 5.32 Å². The van der Waals surface area contributed by atoms with Crippen LogP contribution in [-0.2, 0) is 11.3 Å². The summed E-state index contributed by atoms with van der Waals surface area (Å²) in [7, 11) is 0. The van der Waals surface area contributed by atoms with Crippen LogP contribution in [0, 0.1) is 0 Å². The Morgan fingerprint density at radius 3 is 2.74 bits per heavy atom. The summed E-state index contributed by atoms with van der Waals surface area (Å²) in [5.74, 6) is 0.747. The first-order valence-corrected chi connectivity index (χ1v) is 5.87. The molecule has 0 aliphatic carbocycles. The zero-order valence-electron chi connectivity index (χ0n) is 10.2. The van der Waals surface area contributed by atoms with E-state index in [4.69, 9.17) is 4.42 Å². The quantitative estimate of drug-likeness (QED) is 0.821. The first kappa shape index (κ1) is 13.9. The molecule has 0 spiro atoms. The molecular formula is C13H14F3NO2. The number of nitrogens with one attached hydrogen (secondary N) is 1. The van der Waals surface area contributed by atoms with Crippen LogP contribution in [0.25, 0.3) is 11.0 Å². The van der Waals surface area contributed by atoms with Gasteiger partial charge in [-0.1, -0.05) is 18.2 Å². The summed E-state index contributed by atoms with van der Waals surface area (Å²) in [6.07, 6.45) is -4.27. The van der Waals surface area contributed by atoms with Crippen molar-refractivity contribution in [2.75, 3.05) is 19.8 Å². The van der Waals surface area contributed by atoms with Crippen LogP contribution in [0.1, 0.15) is 5.76 Å². The molecule has 0 bridgehead atoms. The van der Waals surface area contributed by atoms with Gasteiger partial charge in [0.15, 0.2) is 0 Å². The molecule has 1 N–H and O–H groups in total. The van der Waals surface area contributed by atoms with Crippen molar-refractivity contribution < 1.29 is 22.3 Å². The van der Waals surface area contributed by atoms with Gasteiger partial charge in [0.1, 0.15) is 18.0 Å². The highest BCUT2D eigenvalue weighted by Crippen LogP contribution is 2.18. The molecule has 104 valence electrons. The van der Waals surface area contributed by atoms with Crippen molar-refractivity contribution in [2.24, 2.45) is 0 Å². The van der Waals surface area contributed by atoms with Gasteiger partial charge < -0.3 is 14.5 Å². The summed E-state index contributed by atoms with van der Waals surface area (Å²) >= 11 is 0. The summed E-state index contributed by atoms with van der Waals surface area (Å²) < 4.78 is 45.4. The van der Waals surface area contributed by atoms with Gasteiger partial charge in [0.05, 0.1) is 13.2 Å². The molecule has 2 aromatic rings. The van der Waals surface area contributed by atoms with Crippen LogP contribution in [0.3, 0.4) is 0 Å². The number of rotatable bonds is 6. The van der Waals surface area contributed by atoms with Crippen LogP contribution in [0.15, 0.2) is 34.7 Å². The van der Waals surface area contributed by atoms with E-state index in [1.807, 2.05) is 30.3 Å². The second-order valence-electron chi connectivity index (χ2n) is 4.10. The van der Waals surface area contributed by atoms with Crippen molar-refractivity contribution in [1.82, 2.24) is 5.32 Å². The summed E-state index contributed by atoms with van der Waals surface area (Å²) in [4.78, 5) is 0. The summed E-state index contributed by atoms with van der Waals surface area (Å²) in [6, 6.07) is 9.51. The van der Waals surface area contributed by atoms with E-state index < -0.39 is 12.8 Å². The predicted octanol–water partition coefficient (Wildman–Crippen LogP) is 3.10. The number of para-hydroxylation sites is 1. The molecule has 0 saturated heterocycles. The van der Waals surface area contributed by atoms with E-state index in [-0.39, 0.29) is 6.61 Å². The lowest BCUT2D eigenvalue weighted by Crippen LogP contribution is -2.23. The minimum absolute atomic E-state index is 0.0136. The van der Waals surface area contributed by atoms with Gasteiger partial charge in [-0.25, -0.2) is 0 Å². The lowest BCUT2D eigenvalue weighted by atomic mass is 10.2. The maximum absolute atomic E-state index is 11.8. The van der Waals surface area contributed by atoms with Crippen LogP contribution in [0.2, 0.25) is 0 Å². The maximum Gasteiger partial charge on any atom is 0.411 e. The number of hydrogen-bond donors (Lipinski definition) is 1. The van der Waals surface area contributed by atoms with Crippen molar-refractivity contribution in [1.29, 1.82) is 0 Å². The molecule has 6 heteroatoms. The van der Waals surface area contributed by atoms with Gasteiger partial charge in [-0.15, -0.1) is 0 Å². The fraction of sp³-hybridized carbons (Fsp3) is 0.385. The molecule has 0 radical (unpaired) electrons. The summed E-state index contributed by atoms with van der Waals surface area (Å²) in [5, 5.41) is 3.97. The van der Waals surface area contributed by atoms with E-state index in [1.54, 1.807) is 0 Å². The van der Waals surface area contributed by atoms with E-state index in [0.717, 1.165) is 16.7 Å². The van der Waals surface area contributed by atoms with Gasteiger partial charge in [-0.3, -0.25) is 0 Å². The van der Waals surface area contributed by atoms with E-state index in [2.05, 4.69) is 10.1 Å². The molecule has 0 aliphatic rings. The fourth-order valence-electron chi connectivity index (χ4n) is 1.67. The van der Waals surface area contributed by atoms with Crippen LogP contribution in [-0.4, -0.2) is 25.9 Å². The SMILES string of the molecule is FC(F)(F)COCCNCc1cc2ccccc2o1. The van der Waals surface area contributed by atoms with E-state index in [9.17, 15) is 13.2 Å². The second-order valence-corrected chi connectivity index (χ2v) is 4.10. The number of ether oxygens (including phenoxy) is 1. The molecule has 0 saturated carbocycles. The number of benzene rings is 1. The number of halogens is 3. The largest absolute Gasteiger partial charge is 0.460 e. The summed E-state index contributed by atoms with van der Waals surface area (Å²) in [5.41, 5.74) is 0.799. The number of fused-ring (bicyclic) bond motifs is 1. The molecule has 0 aliphatic heterocycles. The molecule has 0 amide bonds. The van der Waals surface area contributed by atoms with Gasteiger partial charge in [0.25, 0.3) is 0 Å². The van der Waals surface area contributed by atoms with E-state index in [1.165, 1.54) is 0 Å². The van der Waals surface area contributed by atoms with Crippen molar-refractivity contribution >= 4 is 11.0 Å². The molecule has 0 atom stereocenters. The predicted molar refractivity (Wildman–Crippen MR) is 64.8 cm³/mol. The normalized spacial score (nSPS) is 12.2. The molecule has 19 heavy (non-hydrogen) atoms. The Morgan fingerprint density at radius 2 is 2.00 bits per heavy atom. The lowest BCUT2D eigenvalue weighted by Gasteiger charge is -2.07. The lowest BCUT2D eigenvalue weighted by molar-refractivity contribution is -0.173. The molecule has 0 fully saturated rings. The Kier molecular flexibility index (Phi) is 4.44. The standard InChI is InChI=1S/C13H14F3NO2/c14-13(15,16)9-18-6-5-17-8-11-7-10-3-1-2-4-12(10)19-11/h1-4,7,17H,5-6,8-9H2. The molecule has 3 nitrogen and oxygen atoms in total. The Morgan fingerprint density at radius 1 is 1.21 bits per heavy atom. The topological polar surface area (TPSA) is 34.4 Å². The Bertz CT molecular complexity index is 489. The van der Waals surface area contributed by atoms with Gasteiger partial charge >= 0.3 is 6.18 Å². The Labute approximate surface area is 108 Å². The zero-order valence-corrected chi connectivity index (χ0v) is 10.2. The first-order chi connectivity index (χ1) is 9.04. The van der Waals surface area contributed by atoms with Crippen LogP contribution in [0.5, 0.6) is 0 Å². The highest BCUT2D eigenvalue weighted by atomic mass is 19.4. The van der Waals surface area contributed by atoms with Crippen molar-refractivity contribution in [3.63, 3.8) is 0 Å². The molecule has 1 heterocycles. The van der Waals surface area contributed by atoms with Gasteiger partial charge in [0.2, 0.25) is 0 Å². The van der Waals surface area contributed by atoms with Crippen molar-refractivity contribution in [3.8, 4) is 0 Å². The average Bonchev–Trinajstić information content (AvgIpc) is 2.74. The van der Waals surface area contributed by atoms with E-state index >= 15 is 0 Å². The van der Waals surface area contributed by atoms with E-state index in [0.29, 0.717) is 13.1 Å². The van der Waals surface area contributed by atoms with Gasteiger partial charge in [0, 0.05) is 11.9 Å². The smallest absolute Gasteiger partial charge is 0.411 e. The van der Waals surface area contributed by atoms with Gasteiger partial charge in [-0.05, 0) is 12.1 Å². The molecule has 2 rings (SSSR count). The van der Waals surface area contributed by atoms with Crippen LogP contribution in [0.4, 0.5) is 13.2 Å². The first-order valence-electron chi connectivity index (χ1n) is 5.87. The number of hydrogen-bond acceptors (Lipinski definition) is 3. The second kappa shape index (κ2) is 6.08. The zero-order chi connectivity index (χ0) is 13.7. The molecule has 1 aromatic carbocycles. The minimum atomic E-state index is -4.27. The number of alkyl halides is 3. The average molecular weight is 273 g/mol. The highest BCUT2D eigenvalue weighted by Gasteiger charge is 2.27. The van der Waals surface area contributed by atoms with Crippen LogP contribution >= 0.6 is 0 Å². The third-order valence-corrected chi connectivity index (χ3v) is 2.46. The molecular weight excluding hydrogens is 259 g/mol. The van der Waals surface area contributed by atoms with Gasteiger partial charge in [-0.2, -0.15) is 13.2 Å². The minimum Gasteiger partial charge on any atom is -0.460 e. The number of furan rings is 1. The molecule has 0 unspecified atom stereocenters. The summed E-state index contributed by atoms with van der Waals surface area (Å²) in [6.45, 7) is -0.393. The van der Waals surface area contributed by atoms with Crippen molar-refractivity contribution in [3.05, 3.63) is 36.1 Å². The fourth-order valence-corrected chi connectivity index (χ4v) is 1.67. The molecule has 1 aromatic heterocycles. The third-order valence-electron chi connectivity index (χ3n) is 2.46. The highest BCUT2D eigenvalue weighted by molar-refractivity contribution is 5.77. The Hall–Kier alpha value is -1.53. The Balaban J connectivity index is 1.68. The van der Waals surface area contributed by atoms with Crippen molar-refractivity contribution in [2.45, 2.75) is 12.7 Å². The third kappa shape index (κ3) is 4.57. The maximum atomic E-state index is 11.8.